The number of tetrazole rings is 1. The van der Waals surface area contributed by atoms with Gasteiger partial charge in [0.2, 0.25) is 11.1 Å². The molecule has 0 spiro atoms. The molecule has 1 unspecified atom stereocenters. The van der Waals surface area contributed by atoms with E-state index >= 15 is 0 Å². The fraction of sp³-hybridized carbons (Fsp3) is 0.786. The van der Waals surface area contributed by atoms with Crippen molar-refractivity contribution < 1.29 is 4.79 Å². The Bertz CT molecular complexity index is 534. The summed E-state index contributed by atoms with van der Waals surface area (Å²) in [7, 11) is 0. The van der Waals surface area contributed by atoms with Crippen LogP contribution in [0.1, 0.15) is 45.6 Å². The van der Waals surface area contributed by atoms with Crippen LogP contribution in [-0.4, -0.2) is 49.9 Å². The second kappa shape index (κ2) is 8.13. The number of hydrogen-bond donors (Lipinski definition) is 0. The monoisotopic (exact) mass is 322 g/mol. The van der Waals surface area contributed by atoms with E-state index in [1.807, 2.05) is 18.5 Å². The standard InChI is InChI=1S/C14H22N6OS/c1-3-19(9-11(2)8-15)13(21)10-22-14-16-17-18-20(14)12-6-4-5-7-12/h11-12H,3-7,9-10H2,1-2H3. The van der Waals surface area contributed by atoms with E-state index in [9.17, 15) is 4.79 Å². The van der Waals surface area contributed by atoms with Crippen molar-refractivity contribution >= 4 is 17.7 Å². The van der Waals surface area contributed by atoms with Crippen LogP contribution in [0.4, 0.5) is 0 Å². The van der Waals surface area contributed by atoms with Crippen LogP contribution in [0.5, 0.6) is 0 Å². The summed E-state index contributed by atoms with van der Waals surface area (Å²) < 4.78 is 1.86. The number of nitriles is 1. The molecule has 1 aromatic rings. The summed E-state index contributed by atoms with van der Waals surface area (Å²) in [5.74, 6) is 0.173. The van der Waals surface area contributed by atoms with Crippen molar-refractivity contribution in [1.29, 1.82) is 5.26 Å². The zero-order chi connectivity index (χ0) is 15.9. The lowest BCUT2D eigenvalue weighted by Crippen LogP contribution is -2.35. The molecular weight excluding hydrogens is 300 g/mol. The van der Waals surface area contributed by atoms with Crippen molar-refractivity contribution in [3.05, 3.63) is 0 Å². The normalized spacial score (nSPS) is 16.4. The Labute approximate surface area is 135 Å². The maximum atomic E-state index is 12.3. The van der Waals surface area contributed by atoms with Gasteiger partial charge in [-0.15, -0.1) is 5.10 Å². The fourth-order valence-corrected chi connectivity index (χ4v) is 3.50. The lowest BCUT2D eigenvalue weighted by molar-refractivity contribution is -0.128. The highest BCUT2D eigenvalue weighted by Crippen LogP contribution is 2.31. The molecule has 0 N–H and O–H groups in total. The molecule has 120 valence electrons. The molecule has 1 aliphatic carbocycles. The zero-order valence-corrected chi connectivity index (χ0v) is 13.9. The lowest BCUT2D eigenvalue weighted by Gasteiger charge is -2.21. The molecule has 1 aromatic heterocycles. The van der Waals surface area contributed by atoms with E-state index < -0.39 is 0 Å². The van der Waals surface area contributed by atoms with Crippen LogP contribution < -0.4 is 0 Å². The van der Waals surface area contributed by atoms with Crippen molar-refractivity contribution in [1.82, 2.24) is 25.1 Å². The molecular formula is C14H22N6OS. The number of carbonyl (C=O) groups is 1. The van der Waals surface area contributed by atoms with Gasteiger partial charge in [-0.2, -0.15) is 5.26 Å². The Balaban J connectivity index is 1.90. The SMILES string of the molecule is CCN(CC(C)C#N)C(=O)CSc1nnnn1C1CCCC1. The maximum absolute atomic E-state index is 12.3. The Morgan fingerprint density at radius 2 is 2.27 bits per heavy atom. The average Bonchev–Trinajstić information content (AvgIpc) is 3.19. The first-order valence-electron chi connectivity index (χ1n) is 7.73. The smallest absolute Gasteiger partial charge is 0.233 e. The molecule has 2 rings (SSSR count). The van der Waals surface area contributed by atoms with Gasteiger partial charge in [-0.25, -0.2) is 4.68 Å². The summed E-state index contributed by atoms with van der Waals surface area (Å²) in [6.45, 7) is 4.83. The van der Waals surface area contributed by atoms with Crippen LogP contribution in [0, 0.1) is 17.2 Å². The minimum Gasteiger partial charge on any atom is -0.341 e. The number of nitrogens with zero attached hydrogens (tertiary/aromatic N) is 6. The van der Waals surface area contributed by atoms with Gasteiger partial charge in [-0.3, -0.25) is 4.79 Å². The average molecular weight is 322 g/mol. The highest BCUT2D eigenvalue weighted by molar-refractivity contribution is 7.99. The van der Waals surface area contributed by atoms with E-state index in [4.69, 9.17) is 5.26 Å². The van der Waals surface area contributed by atoms with E-state index in [2.05, 4.69) is 21.6 Å². The Hall–Kier alpha value is -1.62. The first-order chi connectivity index (χ1) is 10.7. The number of amides is 1. The van der Waals surface area contributed by atoms with Gasteiger partial charge in [0.25, 0.3) is 0 Å². The van der Waals surface area contributed by atoms with Gasteiger partial charge in [0, 0.05) is 13.1 Å². The van der Waals surface area contributed by atoms with Crippen LogP contribution in [0.2, 0.25) is 0 Å². The minimum atomic E-state index is -0.155. The van der Waals surface area contributed by atoms with Gasteiger partial charge in [-0.1, -0.05) is 24.6 Å². The third-order valence-corrected chi connectivity index (χ3v) is 4.83. The summed E-state index contributed by atoms with van der Waals surface area (Å²) in [6, 6.07) is 2.53. The van der Waals surface area contributed by atoms with E-state index in [-0.39, 0.29) is 11.8 Å². The predicted molar refractivity (Wildman–Crippen MR) is 83.1 cm³/mol. The van der Waals surface area contributed by atoms with E-state index in [1.165, 1.54) is 24.6 Å². The number of carbonyl (C=O) groups excluding carboxylic acids is 1. The van der Waals surface area contributed by atoms with E-state index in [1.54, 1.807) is 4.90 Å². The molecule has 1 atom stereocenters. The molecule has 22 heavy (non-hydrogen) atoms. The minimum absolute atomic E-state index is 0.0237. The van der Waals surface area contributed by atoms with Gasteiger partial charge in [0.1, 0.15) is 0 Å². The molecule has 1 aliphatic rings. The summed E-state index contributed by atoms with van der Waals surface area (Å²) in [6.07, 6.45) is 4.63. The van der Waals surface area contributed by atoms with Crippen molar-refractivity contribution in [2.24, 2.45) is 5.92 Å². The second-order valence-corrected chi connectivity index (χ2v) is 6.54. The number of rotatable bonds is 7. The molecule has 8 heteroatoms. The summed E-state index contributed by atoms with van der Waals surface area (Å²) in [5.41, 5.74) is 0. The lowest BCUT2D eigenvalue weighted by atomic mass is 10.2. The maximum Gasteiger partial charge on any atom is 0.233 e. The van der Waals surface area contributed by atoms with Crippen molar-refractivity contribution in [2.45, 2.75) is 50.7 Å². The van der Waals surface area contributed by atoms with Gasteiger partial charge in [-0.05, 0) is 37.1 Å². The Morgan fingerprint density at radius 1 is 1.55 bits per heavy atom. The van der Waals surface area contributed by atoms with Gasteiger partial charge < -0.3 is 4.90 Å². The number of aromatic nitrogens is 4. The van der Waals surface area contributed by atoms with Crippen molar-refractivity contribution in [2.75, 3.05) is 18.8 Å². The van der Waals surface area contributed by atoms with E-state index in [0.717, 1.165) is 12.8 Å². The first-order valence-corrected chi connectivity index (χ1v) is 8.72. The topological polar surface area (TPSA) is 87.7 Å². The first kappa shape index (κ1) is 16.7. The highest BCUT2D eigenvalue weighted by Gasteiger charge is 2.23. The second-order valence-electron chi connectivity index (χ2n) is 5.60. The summed E-state index contributed by atoms with van der Waals surface area (Å²) >= 11 is 1.38. The molecule has 0 radical (unpaired) electrons. The molecule has 7 nitrogen and oxygen atoms in total. The highest BCUT2D eigenvalue weighted by atomic mass is 32.2. The zero-order valence-electron chi connectivity index (χ0n) is 13.1. The third kappa shape index (κ3) is 4.19. The van der Waals surface area contributed by atoms with Crippen LogP contribution >= 0.6 is 11.8 Å². The van der Waals surface area contributed by atoms with Gasteiger partial charge in [0.15, 0.2) is 0 Å². The molecule has 1 saturated carbocycles. The number of hydrogen-bond acceptors (Lipinski definition) is 6. The third-order valence-electron chi connectivity index (χ3n) is 3.91. The fourth-order valence-electron chi connectivity index (χ4n) is 2.65. The largest absolute Gasteiger partial charge is 0.341 e. The van der Waals surface area contributed by atoms with Crippen molar-refractivity contribution in [3.63, 3.8) is 0 Å². The van der Waals surface area contributed by atoms with Crippen molar-refractivity contribution in [3.8, 4) is 6.07 Å². The van der Waals surface area contributed by atoms with Gasteiger partial charge in [0.05, 0.1) is 23.8 Å². The Kier molecular flexibility index (Phi) is 6.19. The van der Waals surface area contributed by atoms with E-state index in [0.29, 0.717) is 30.0 Å². The Morgan fingerprint density at radius 3 is 2.91 bits per heavy atom. The van der Waals surface area contributed by atoms with Crippen LogP contribution in [0.25, 0.3) is 0 Å². The molecule has 0 saturated heterocycles. The number of thioether (sulfide) groups is 1. The molecule has 0 bridgehead atoms. The quantitative estimate of drug-likeness (QED) is 0.712. The summed E-state index contributed by atoms with van der Waals surface area (Å²) in [4.78, 5) is 14.0. The van der Waals surface area contributed by atoms with Crippen LogP contribution in [0.3, 0.4) is 0 Å². The summed E-state index contributed by atoms with van der Waals surface area (Å²) in [5, 5.41) is 21.4. The van der Waals surface area contributed by atoms with Crippen LogP contribution in [0.15, 0.2) is 5.16 Å². The molecule has 1 heterocycles. The molecule has 1 amide bonds. The van der Waals surface area contributed by atoms with Crippen LogP contribution in [-0.2, 0) is 4.79 Å². The predicted octanol–water partition coefficient (Wildman–Crippen LogP) is 1.89. The van der Waals surface area contributed by atoms with Gasteiger partial charge >= 0.3 is 0 Å². The molecule has 0 aliphatic heterocycles. The molecule has 1 fully saturated rings. The molecule has 0 aromatic carbocycles.